The molecule has 3 heteroatoms. The van der Waals surface area contributed by atoms with Crippen molar-refractivity contribution in [2.75, 3.05) is 0 Å². The SMILES string of the molecule is CCCC(N)C=NO. The van der Waals surface area contributed by atoms with Crippen LogP contribution in [-0.4, -0.2) is 17.5 Å². The van der Waals surface area contributed by atoms with E-state index in [0.717, 1.165) is 12.8 Å². The van der Waals surface area contributed by atoms with E-state index >= 15 is 0 Å². The van der Waals surface area contributed by atoms with Gasteiger partial charge in [-0.15, -0.1) is 5.16 Å². The minimum atomic E-state index is -0.0787. The third-order valence-corrected chi connectivity index (χ3v) is 0.880. The molecule has 0 bridgehead atoms. The standard InChI is InChI=1S/C5H12N2O/c1-2-3-5(6)4-7-8/h4-5,8H,2-3,6H2,1H3. The lowest BCUT2D eigenvalue weighted by Gasteiger charge is -1.98. The van der Waals surface area contributed by atoms with Crippen LogP contribution < -0.4 is 5.73 Å². The van der Waals surface area contributed by atoms with Crippen molar-refractivity contribution in [3.05, 3.63) is 0 Å². The van der Waals surface area contributed by atoms with Gasteiger partial charge in [-0.2, -0.15) is 0 Å². The van der Waals surface area contributed by atoms with Gasteiger partial charge >= 0.3 is 0 Å². The van der Waals surface area contributed by atoms with E-state index in [0.29, 0.717) is 0 Å². The van der Waals surface area contributed by atoms with E-state index in [1.165, 1.54) is 6.21 Å². The highest BCUT2D eigenvalue weighted by Crippen LogP contribution is 1.88. The van der Waals surface area contributed by atoms with Gasteiger partial charge < -0.3 is 10.9 Å². The Morgan fingerprint density at radius 3 is 2.88 bits per heavy atom. The van der Waals surface area contributed by atoms with Crippen LogP contribution in [0.4, 0.5) is 0 Å². The Bertz CT molecular complexity index is 72.8. The summed E-state index contributed by atoms with van der Waals surface area (Å²) in [5.74, 6) is 0. The molecule has 0 spiro atoms. The van der Waals surface area contributed by atoms with Gasteiger partial charge in [-0.25, -0.2) is 0 Å². The third kappa shape index (κ3) is 3.61. The van der Waals surface area contributed by atoms with Crippen molar-refractivity contribution < 1.29 is 5.21 Å². The van der Waals surface area contributed by atoms with Crippen LogP contribution in [0, 0.1) is 0 Å². The molecular weight excluding hydrogens is 104 g/mol. The van der Waals surface area contributed by atoms with Crippen LogP contribution in [0.15, 0.2) is 5.16 Å². The fourth-order valence-corrected chi connectivity index (χ4v) is 0.493. The molecule has 0 aromatic heterocycles. The maximum Gasteiger partial charge on any atom is 0.0603 e. The number of oxime groups is 1. The molecule has 0 aromatic carbocycles. The lowest BCUT2D eigenvalue weighted by molar-refractivity contribution is 0.319. The van der Waals surface area contributed by atoms with Crippen molar-refractivity contribution in [3.8, 4) is 0 Å². The Morgan fingerprint density at radius 2 is 2.50 bits per heavy atom. The first kappa shape index (κ1) is 7.43. The number of hydrogen-bond acceptors (Lipinski definition) is 3. The predicted molar refractivity (Wildman–Crippen MR) is 33.2 cm³/mol. The van der Waals surface area contributed by atoms with Crippen molar-refractivity contribution in [3.63, 3.8) is 0 Å². The summed E-state index contributed by atoms with van der Waals surface area (Å²) in [5.41, 5.74) is 5.39. The molecular formula is C5H12N2O. The molecule has 0 saturated carbocycles. The second-order valence-corrected chi connectivity index (χ2v) is 1.72. The summed E-state index contributed by atoms with van der Waals surface area (Å²) in [6.07, 6.45) is 3.24. The molecule has 1 atom stereocenters. The maximum atomic E-state index is 7.95. The van der Waals surface area contributed by atoms with Gasteiger partial charge in [-0.3, -0.25) is 0 Å². The minimum Gasteiger partial charge on any atom is -0.411 e. The largest absolute Gasteiger partial charge is 0.411 e. The lowest BCUT2D eigenvalue weighted by Crippen LogP contribution is -2.20. The van der Waals surface area contributed by atoms with E-state index in [1.807, 2.05) is 6.92 Å². The summed E-state index contributed by atoms with van der Waals surface area (Å²) < 4.78 is 0. The molecule has 1 unspecified atom stereocenters. The Labute approximate surface area is 49.2 Å². The summed E-state index contributed by atoms with van der Waals surface area (Å²) in [6.45, 7) is 2.03. The number of hydrogen-bond donors (Lipinski definition) is 2. The quantitative estimate of drug-likeness (QED) is 0.322. The molecule has 0 saturated heterocycles. The minimum absolute atomic E-state index is 0.0787. The van der Waals surface area contributed by atoms with Crippen molar-refractivity contribution in [2.45, 2.75) is 25.8 Å². The Hall–Kier alpha value is -0.570. The maximum absolute atomic E-state index is 7.95. The summed E-state index contributed by atoms with van der Waals surface area (Å²) in [6, 6.07) is -0.0787. The Kier molecular flexibility index (Phi) is 4.26. The number of nitrogens with zero attached hydrogens (tertiary/aromatic N) is 1. The van der Waals surface area contributed by atoms with E-state index in [-0.39, 0.29) is 6.04 Å². The molecule has 48 valence electrons. The average molecular weight is 116 g/mol. The number of rotatable bonds is 3. The van der Waals surface area contributed by atoms with Crippen LogP contribution in [0.25, 0.3) is 0 Å². The number of nitrogens with two attached hydrogens (primary N) is 1. The van der Waals surface area contributed by atoms with E-state index in [9.17, 15) is 0 Å². The Morgan fingerprint density at radius 1 is 1.88 bits per heavy atom. The molecule has 3 nitrogen and oxygen atoms in total. The zero-order chi connectivity index (χ0) is 6.41. The topological polar surface area (TPSA) is 58.6 Å². The van der Waals surface area contributed by atoms with Crippen LogP contribution in [0.5, 0.6) is 0 Å². The van der Waals surface area contributed by atoms with E-state index < -0.39 is 0 Å². The molecule has 0 radical (unpaired) electrons. The van der Waals surface area contributed by atoms with Gasteiger partial charge in [-0.05, 0) is 6.42 Å². The fourth-order valence-electron chi connectivity index (χ4n) is 0.493. The predicted octanol–water partition coefficient (Wildman–Crippen LogP) is 0.574. The highest BCUT2D eigenvalue weighted by atomic mass is 16.4. The van der Waals surface area contributed by atoms with Gasteiger partial charge in [0.2, 0.25) is 0 Å². The first-order valence-corrected chi connectivity index (χ1v) is 2.74. The summed E-state index contributed by atoms with van der Waals surface area (Å²) in [7, 11) is 0. The van der Waals surface area contributed by atoms with Gasteiger partial charge in [-0.1, -0.05) is 13.3 Å². The summed E-state index contributed by atoms with van der Waals surface area (Å²) in [5, 5.41) is 10.8. The van der Waals surface area contributed by atoms with Gasteiger partial charge in [0.05, 0.1) is 6.21 Å². The van der Waals surface area contributed by atoms with Crippen LogP contribution in [0.3, 0.4) is 0 Å². The summed E-state index contributed by atoms with van der Waals surface area (Å²) >= 11 is 0. The van der Waals surface area contributed by atoms with Gasteiger partial charge in [0.25, 0.3) is 0 Å². The molecule has 0 rings (SSSR count). The van der Waals surface area contributed by atoms with E-state index in [4.69, 9.17) is 10.9 Å². The lowest BCUT2D eigenvalue weighted by atomic mass is 10.2. The fraction of sp³-hybridized carbons (Fsp3) is 0.800. The monoisotopic (exact) mass is 116 g/mol. The molecule has 0 aliphatic carbocycles. The van der Waals surface area contributed by atoms with Gasteiger partial charge in [0.1, 0.15) is 0 Å². The first-order chi connectivity index (χ1) is 3.81. The van der Waals surface area contributed by atoms with Gasteiger partial charge in [0.15, 0.2) is 0 Å². The zero-order valence-corrected chi connectivity index (χ0v) is 5.04. The zero-order valence-electron chi connectivity index (χ0n) is 5.04. The molecule has 0 amide bonds. The van der Waals surface area contributed by atoms with Crippen LogP contribution in [-0.2, 0) is 0 Å². The average Bonchev–Trinajstić information content (AvgIpc) is 1.68. The second-order valence-electron chi connectivity index (χ2n) is 1.72. The second kappa shape index (κ2) is 4.59. The van der Waals surface area contributed by atoms with Crippen LogP contribution >= 0.6 is 0 Å². The third-order valence-electron chi connectivity index (χ3n) is 0.880. The van der Waals surface area contributed by atoms with Crippen molar-refractivity contribution >= 4 is 6.21 Å². The first-order valence-electron chi connectivity index (χ1n) is 2.74. The molecule has 0 aliphatic heterocycles. The Balaban J connectivity index is 3.17. The van der Waals surface area contributed by atoms with Crippen LogP contribution in [0.1, 0.15) is 19.8 Å². The van der Waals surface area contributed by atoms with Crippen molar-refractivity contribution in [1.82, 2.24) is 0 Å². The van der Waals surface area contributed by atoms with Crippen molar-refractivity contribution in [2.24, 2.45) is 10.9 Å². The molecule has 8 heavy (non-hydrogen) atoms. The molecule has 3 N–H and O–H groups in total. The molecule has 0 fully saturated rings. The molecule has 0 heterocycles. The highest BCUT2D eigenvalue weighted by molar-refractivity contribution is 5.62. The normalized spacial score (nSPS) is 14.8. The van der Waals surface area contributed by atoms with Gasteiger partial charge in [0, 0.05) is 6.04 Å². The smallest absolute Gasteiger partial charge is 0.0603 e. The van der Waals surface area contributed by atoms with Crippen molar-refractivity contribution in [1.29, 1.82) is 0 Å². The molecule has 0 aromatic rings. The van der Waals surface area contributed by atoms with Crippen LogP contribution in [0.2, 0.25) is 0 Å². The van der Waals surface area contributed by atoms with E-state index in [2.05, 4.69) is 5.16 Å². The van der Waals surface area contributed by atoms with E-state index in [1.54, 1.807) is 0 Å². The highest BCUT2D eigenvalue weighted by Gasteiger charge is 1.92. The molecule has 0 aliphatic rings. The summed E-state index contributed by atoms with van der Waals surface area (Å²) in [4.78, 5) is 0.